The van der Waals surface area contributed by atoms with Crippen molar-refractivity contribution in [3.63, 3.8) is 0 Å². The summed E-state index contributed by atoms with van der Waals surface area (Å²) in [6, 6.07) is 8.20. The number of carbonyl (C=O) groups is 1. The Kier molecular flexibility index (Phi) is 2.65. The average Bonchev–Trinajstić information content (AvgIpc) is 2.03. The Hall–Kier alpha value is -0.830. The van der Waals surface area contributed by atoms with Crippen LogP contribution in [0.5, 0.6) is 0 Å². The molecule has 0 aliphatic heterocycles. The molecule has 11 heavy (non-hydrogen) atoms. The Labute approximate surface area is 73.7 Å². The van der Waals surface area contributed by atoms with Gasteiger partial charge >= 0.3 is 0 Å². The van der Waals surface area contributed by atoms with Gasteiger partial charge in [0.25, 0.3) is 5.91 Å². The van der Waals surface area contributed by atoms with Gasteiger partial charge in [-0.05, 0) is 12.1 Å². The topological polar surface area (TPSA) is 29.1 Å². The van der Waals surface area contributed by atoms with Crippen LogP contribution in [0.4, 0.5) is 0 Å². The Bertz CT molecular complexity index is 273. The molecular weight excluding hydrogens is 206 g/mol. The van der Waals surface area contributed by atoms with E-state index < -0.39 is 0 Å². The lowest BCUT2D eigenvalue weighted by Crippen LogP contribution is -2.17. The van der Waals surface area contributed by atoms with Crippen LogP contribution in [-0.2, 0) is 0 Å². The lowest BCUT2D eigenvalue weighted by Gasteiger charge is -1.97. The van der Waals surface area contributed by atoms with Gasteiger partial charge in [0.15, 0.2) is 0 Å². The van der Waals surface area contributed by atoms with Gasteiger partial charge in [0.05, 0.1) is 0 Å². The van der Waals surface area contributed by atoms with Crippen LogP contribution in [0.3, 0.4) is 0 Å². The highest BCUT2D eigenvalue weighted by Gasteiger charge is 2.01. The Morgan fingerprint density at radius 2 is 2.36 bits per heavy atom. The highest BCUT2D eigenvalue weighted by Crippen LogP contribution is 2.09. The molecule has 1 aromatic carbocycles. The SMILES string of the molecule is CNC(=O)c1[c]c(Br)ccc1. The molecule has 3 heteroatoms. The third-order valence-electron chi connectivity index (χ3n) is 1.23. The number of benzene rings is 1. The summed E-state index contributed by atoms with van der Waals surface area (Å²) in [5.41, 5.74) is 0.543. The van der Waals surface area contributed by atoms with E-state index in [1.807, 2.05) is 6.07 Å². The molecule has 0 aromatic heterocycles. The summed E-state index contributed by atoms with van der Waals surface area (Å²) in [7, 11) is 1.59. The number of halogens is 1. The minimum Gasteiger partial charge on any atom is -0.355 e. The average molecular weight is 213 g/mol. The molecule has 1 radical (unpaired) electrons. The molecule has 0 spiro atoms. The number of carbonyl (C=O) groups excluding carboxylic acids is 1. The first-order valence-corrected chi connectivity index (χ1v) is 3.93. The minimum atomic E-state index is -0.119. The zero-order valence-electron chi connectivity index (χ0n) is 6.02. The highest BCUT2D eigenvalue weighted by atomic mass is 79.9. The van der Waals surface area contributed by atoms with Crippen LogP contribution >= 0.6 is 15.9 Å². The van der Waals surface area contributed by atoms with Gasteiger partial charge < -0.3 is 5.32 Å². The van der Waals surface area contributed by atoms with Crippen molar-refractivity contribution in [1.82, 2.24) is 5.32 Å². The maximum Gasteiger partial charge on any atom is 0.251 e. The molecule has 57 valence electrons. The second kappa shape index (κ2) is 3.53. The summed E-state index contributed by atoms with van der Waals surface area (Å²) >= 11 is 3.22. The summed E-state index contributed by atoms with van der Waals surface area (Å²) in [6.07, 6.45) is 0. The van der Waals surface area contributed by atoms with Crippen molar-refractivity contribution >= 4 is 21.8 Å². The number of hydrogen-bond acceptors (Lipinski definition) is 1. The fourth-order valence-electron chi connectivity index (χ4n) is 0.708. The van der Waals surface area contributed by atoms with E-state index in [4.69, 9.17) is 0 Å². The third-order valence-corrected chi connectivity index (χ3v) is 1.69. The Morgan fingerprint density at radius 3 is 2.91 bits per heavy atom. The van der Waals surface area contributed by atoms with Crippen LogP contribution in [0.15, 0.2) is 22.7 Å². The van der Waals surface area contributed by atoms with E-state index in [-0.39, 0.29) is 5.91 Å². The maximum atomic E-state index is 11.0. The molecule has 2 nitrogen and oxygen atoms in total. The largest absolute Gasteiger partial charge is 0.355 e. The summed E-state index contributed by atoms with van der Waals surface area (Å²) in [4.78, 5) is 11.0. The highest BCUT2D eigenvalue weighted by molar-refractivity contribution is 9.10. The van der Waals surface area contributed by atoms with Gasteiger partial charge in [-0.2, -0.15) is 0 Å². The molecule has 1 aromatic rings. The van der Waals surface area contributed by atoms with E-state index in [2.05, 4.69) is 27.3 Å². The van der Waals surface area contributed by atoms with Gasteiger partial charge in [0, 0.05) is 23.2 Å². The smallest absolute Gasteiger partial charge is 0.251 e. The van der Waals surface area contributed by atoms with Gasteiger partial charge in [-0.25, -0.2) is 0 Å². The summed E-state index contributed by atoms with van der Waals surface area (Å²) in [6.45, 7) is 0. The first-order valence-electron chi connectivity index (χ1n) is 3.14. The molecule has 0 heterocycles. The van der Waals surface area contributed by atoms with Gasteiger partial charge in [-0.1, -0.05) is 22.0 Å². The first-order chi connectivity index (χ1) is 5.24. The normalized spacial score (nSPS) is 9.27. The fraction of sp³-hybridized carbons (Fsp3) is 0.125. The van der Waals surface area contributed by atoms with Crippen LogP contribution in [0, 0.1) is 6.07 Å². The van der Waals surface area contributed by atoms with Crippen molar-refractivity contribution in [3.8, 4) is 0 Å². The zero-order valence-corrected chi connectivity index (χ0v) is 7.60. The molecule has 0 bridgehead atoms. The van der Waals surface area contributed by atoms with Crippen molar-refractivity contribution in [2.45, 2.75) is 0 Å². The van der Waals surface area contributed by atoms with Crippen molar-refractivity contribution in [2.24, 2.45) is 0 Å². The zero-order chi connectivity index (χ0) is 8.27. The van der Waals surface area contributed by atoms with E-state index in [9.17, 15) is 4.79 Å². The lowest BCUT2D eigenvalue weighted by molar-refractivity contribution is 0.0963. The number of amides is 1. The molecule has 0 aliphatic rings. The standard InChI is InChI=1S/C8H7BrNO/c1-10-8(11)6-3-2-4-7(9)5-6/h2-4H,1H3,(H,10,11). The van der Waals surface area contributed by atoms with Crippen molar-refractivity contribution < 1.29 is 4.79 Å². The van der Waals surface area contributed by atoms with Crippen molar-refractivity contribution in [2.75, 3.05) is 7.05 Å². The molecule has 0 saturated carbocycles. The molecular formula is C8H7BrNO. The predicted octanol–water partition coefficient (Wildman–Crippen LogP) is 1.61. The van der Waals surface area contributed by atoms with Crippen LogP contribution in [0.25, 0.3) is 0 Å². The lowest BCUT2D eigenvalue weighted by atomic mass is 10.2. The summed E-state index contributed by atoms with van der Waals surface area (Å²) in [5.74, 6) is -0.119. The molecule has 1 N–H and O–H groups in total. The number of rotatable bonds is 1. The maximum absolute atomic E-state index is 11.0. The minimum absolute atomic E-state index is 0.119. The quantitative estimate of drug-likeness (QED) is 0.754. The first kappa shape index (κ1) is 8.27. The molecule has 0 fully saturated rings. The molecule has 1 rings (SSSR count). The van der Waals surface area contributed by atoms with Gasteiger partial charge in [-0.15, -0.1) is 0 Å². The monoisotopic (exact) mass is 212 g/mol. The van der Waals surface area contributed by atoms with E-state index in [1.165, 1.54) is 0 Å². The van der Waals surface area contributed by atoms with Gasteiger partial charge in [0.1, 0.15) is 0 Å². The third kappa shape index (κ3) is 2.05. The van der Waals surface area contributed by atoms with Gasteiger partial charge in [0.2, 0.25) is 0 Å². The second-order valence-corrected chi connectivity index (χ2v) is 2.85. The van der Waals surface area contributed by atoms with E-state index >= 15 is 0 Å². The fourth-order valence-corrected chi connectivity index (χ4v) is 1.07. The number of hydrogen-bond donors (Lipinski definition) is 1. The van der Waals surface area contributed by atoms with Crippen LogP contribution in [-0.4, -0.2) is 13.0 Å². The molecule has 0 atom stereocenters. The molecule has 1 amide bonds. The molecule has 0 aliphatic carbocycles. The summed E-state index contributed by atoms with van der Waals surface area (Å²) in [5, 5.41) is 2.52. The van der Waals surface area contributed by atoms with Gasteiger partial charge in [-0.3, -0.25) is 4.79 Å². The molecule has 0 saturated heterocycles. The van der Waals surface area contributed by atoms with Crippen LogP contribution in [0.2, 0.25) is 0 Å². The summed E-state index contributed by atoms with van der Waals surface area (Å²) < 4.78 is 0.790. The van der Waals surface area contributed by atoms with Crippen LogP contribution < -0.4 is 5.32 Å². The van der Waals surface area contributed by atoms with E-state index in [0.717, 1.165) is 4.47 Å². The Morgan fingerprint density at radius 1 is 1.64 bits per heavy atom. The van der Waals surface area contributed by atoms with Crippen molar-refractivity contribution in [3.05, 3.63) is 34.3 Å². The molecule has 0 unspecified atom stereocenters. The predicted molar refractivity (Wildman–Crippen MR) is 46.4 cm³/mol. The second-order valence-electron chi connectivity index (χ2n) is 1.99. The van der Waals surface area contributed by atoms with E-state index in [0.29, 0.717) is 5.56 Å². The Balaban J connectivity index is 2.96. The van der Waals surface area contributed by atoms with Crippen LogP contribution in [0.1, 0.15) is 10.4 Å². The van der Waals surface area contributed by atoms with E-state index in [1.54, 1.807) is 19.2 Å². The number of nitrogens with one attached hydrogen (secondary N) is 1. The van der Waals surface area contributed by atoms with Crippen molar-refractivity contribution in [1.29, 1.82) is 0 Å².